The van der Waals surface area contributed by atoms with Crippen molar-refractivity contribution in [3.63, 3.8) is 0 Å². The highest BCUT2D eigenvalue weighted by Crippen LogP contribution is 2.46. The molecule has 0 amide bonds. The van der Waals surface area contributed by atoms with Crippen molar-refractivity contribution in [3.05, 3.63) is 27.8 Å². The van der Waals surface area contributed by atoms with Gasteiger partial charge in [0.15, 0.2) is 11.5 Å². The van der Waals surface area contributed by atoms with Crippen molar-refractivity contribution in [2.24, 2.45) is 0 Å². The second-order valence-electron chi connectivity index (χ2n) is 5.71. The van der Waals surface area contributed by atoms with Crippen LogP contribution in [0.1, 0.15) is 25.0 Å². The van der Waals surface area contributed by atoms with Gasteiger partial charge in [0, 0.05) is 19.8 Å². The highest BCUT2D eigenvalue weighted by atomic mass is 31.2. The van der Waals surface area contributed by atoms with Gasteiger partial charge in [0.2, 0.25) is 0 Å². The minimum absolute atomic E-state index is 0.0278. The average molecular weight is 427 g/mol. The van der Waals surface area contributed by atoms with Gasteiger partial charge in [-0.15, -0.1) is 0 Å². The molecular formula is C14H23NO10P2. The Morgan fingerprint density at radius 2 is 1.78 bits per heavy atom. The third-order valence-electron chi connectivity index (χ3n) is 3.18. The average Bonchev–Trinajstić information content (AvgIpc) is 2.51. The van der Waals surface area contributed by atoms with Gasteiger partial charge in [0.25, 0.3) is 5.69 Å². The molecule has 0 fully saturated rings. The fourth-order valence-corrected chi connectivity index (χ4v) is 3.31. The Hall–Kier alpha value is -1.48. The summed E-state index contributed by atoms with van der Waals surface area (Å²) < 4.78 is 42.7. The van der Waals surface area contributed by atoms with E-state index >= 15 is 0 Å². The summed E-state index contributed by atoms with van der Waals surface area (Å²) in [6.45, 7) is 3.47. The Kier molecular flexibility index (Phi) is 8.41. The molecule has 1 aromatic carbocycles. The Balaban J connectivity index is 3.00. The van der Waals surface area contributed by atoms with Crippen molar-refractivity contribution in [1.29, 1.82) is 0 Å². The van der Waals surface area contributed by atoms with Crippen LogP contribution in [0.2, 0.25) is 0 Å². The molecule has 0 saturated carbocycles. The van der Waals surface area contributed by atoms with E-state index in [4.69, 9.17) is 23.4 Å². The highest BCUT2D eigenvalue weighted by molar-refractivity contribution is 7.52. The number of benzene rings is 1. The molecule has 0 bridgehead atoms. The molecule has 0 aliphatic carbocycles. The summed E-state index contributed by atoms with van der Waals surface area (Å²) in [5, 5.41) is 11.4. The number of nitro groups is 1. The van der Waals surface area contributed by atoms with Gasteiger partial charge in [-0.05, 0) is 13.0 Å². The lowest BCUT2D eigenvalue weighted by molar-refractivity contribution is -0.386. The van der Waals surface area contributed by atoms with Crippen molar-refractivity contribution in [1.82, 2.24) is 0 Å². The molecule has 0 aromatic heterocycles. The molecule has 27 heavy (non-hydrogen) atoms. The van der Waals surface area contributed by atoms with Gasteiger partial charge < -0.3 is 28.3 Å². The first kappa shape index (κ1) is 23.6. The monoisotopic (exact) mass is 427 g/mol. The van der Waals surface area contributed by atoms with Crippen LogP contribution in [0, 0.1) is 10.1 Å². The van der Waals surface area contributed by atoms with E-state index < -0.39 is 26.2 Å². The van der Waals surface area contributed by atoms with Gasteiger partial charge in [0.1, 0.15) is 0 Å². The molecule has 154 valence electrons. The van der Waals surface area contributed by atoms with E-state index in [0.29, 0.717) is 0 Å². The maximum Gasteiger partial charge on any atom is 0.325 e. The van der Waals surface area contributed by atoms with E-state index in [2.05, 4.69) is 0 Å². The normalized spacial score (nSPS) is 16.8. The Bertz CT molecular complexity index is 757. The smallest absolute Gasteiger partial charge is 0.325 e. The lowest BCUT2D eigenvalue weighted by Crippen LogP contribution is -2.07. The molecule has 11 nitrogen and oxygen atoms in total. The maximum atomic E-state index is 11.4. The van der Waals surface area contributed by atoms with Gasteiger partial charge in [-0.25, -0.2) is 0 Å². The van der Waals surface area contributed by atoms with E-state index in [1.165, 1.54) is 20.1 Å². The van der Waals surface area contributed by atoms with Gasteiger partial charge >= 0.3 is 15.2 Å². The largest absolute Gasteiger partial charge is 0.493 e. The molecule has 0 aliphatic heterocycles. The molecule has 13 heteroatoms. The summed E-state index contributed by atoms with van der Waals surface area (Å²) in [7, 11) is -6.10. The quantitative estimate of drug-likeness (QED) is 0.233. The highest BCUT2D eigenvalue weighted by Gasteiger charge is 2.27. The van der Waals surface area contributed by atoms with Gasteiger partial charge in [-0.3, -0.25) is 19.2 Å². The summed E-state index contributed by atoms with van der Waals surface area (Å²) in [6, 6.07) is 2.43. The van der Waals surface area contributed by atoms with Crippen LogP contribution in [-0.4, -0.2) is 48.4 Å². The van der Waals surface area contributed by atoms with E-state index in [1.807, 2.05) is 0 Å². The minimum Gasteiger partial charge on any atom is -0.493 e. The summed E-state index contributed by atoms with van der Waals surface area (Å²) in [5.74, 6) is 0.242. The lowest BCUT2D eigenvalue weighted by atomic mass is 10.1. The van der Waals surface area contributed by atoms with Crippen molar-refractivity contribution in [2.75, 3.05) is 33.7 Å². The first-order valence-corrected chi connectivity index (χ1v) is 11.8. The molecule has 0 heterocycles. The number of hydrogen-bond donors (Lipinski definition) is 2. The predicted molar refractivity (Wildman–Crippen MR) is 96.7 cm³/mol. The van der Waals surface area contributed by atoms with Crippen LogP contribution in [0.5, 0.6) is 11.5 Å². The molecular weight excluding hydrogens is 404 g/mol. The molecule has 0 aliphatic rings. The summed E-state index contributed by atoms with van der Waals surface area (Å²) >= 11 is 0. The van der Waals surface area contributed by atoms with E-state index in [0.717, 1.165) is 19.4 Å². The van der Waals surface area contributed by atoms with Crippen LogP contribution in [0.3, 0.4) is 0 Å². The first-order valence-electron chi connectivity index (χ1n) is 7.76. The zero-order chi connectivity index (χ0) is 20.8. The third kappa shape index (κ3) is 8.38. The molecule has 0 spiro atoms. The Morgan fingerprint density at radius 3 is 2.26 bits per heavy atom. The van der Waals surface area contributed by atoms with Gasteiger partial charge in [-0.2, -0.15) is 0 Å². The lowest BCUT2D eigenvalue weighted by Gasteiger charge is -2.18. The van der Waals surface area contributed by atoms with Crippen LogP contribution in [-0.2, 0) is 18.2 Å². The fraction of sp³-hybridized carbons (Fsp3) is 0.571. The molecule has 3 unspecified atom stereocenters. The van der Waals surface area contributed by atoms with E-state index in [1.54, 1.807) is 0 Å². The second-order valence-corrected chi connectivity index (χ2v) is 9.39. The predicted octanol–water partition coefficient (Wildman–Crippen LogP) is 3.10. The van der Waals surface area contributed by atoms with Crippen molar-refractivity contribution in [3.8, 4) is 11.5 Å². The SMILES string of the molecule is COc1cc(C(C)OP(C)(=O)O)c([N+](=O)[O-])cc1OCCCOP(C)(=O)O. The number of methoxy groups -OCH3 is 1. The number of hydrogen-bond acceptors (Lipinski definition) is 8. The second kappa shape index (κ2) is 9.64. The minimum atomic E-state index is -3.86. The summed E-state index contributed by atoms with van der Waals surface area (Å²) in [6.07, 6.45) is -0.772. The standard InChI is InChI=1S/C14H23NO10P2/c1-10(25-27(4,20)21)11-8-13(22-2)14(9-12(11)15(16)17)23-6-5-7-24-26(3,18)19/h8-10H,5-7H2,1-4H3,(H,18,19)(H,20,21). The molecule has 1 rings (SSSR count). The number of nitro benzene ring substituents is 1. The number of ether oxygens (including phenoxy) is 2. The zero-order valence-corrected chi connectivity index (χ0v) is 17.1. The van der Waals surface area contributed by atoms with Crippen molar-refractivity contribution >= 4 is 20.9 Å². The molecule has 0 radical (unpaired) electrons. The number of rotatable bonds is 11. The van der Waals surface area contributed by atoms with Crippen LogP contribution < -0.4 is 9.47 Å². The van der Waals surface area contributed by atoms with E-state index in [9.17, 15) is 24.1 Å². The van der Waals surface area contributed by atoms with E-state index in [-0.39, 0.29) is 42.4 Å². The topological polar surface area (TPSA) is 155 Å². The molecule has 0 saturated heterocycles. The van der Waals surface area contributed by atoms with Crippen LogP contribution >= 0.6 is 15.2 Å². The van der Waals surface area contributed by atoms with Gasteiger partial charge in [0.05, 0.1) is 43.0 Å². The van der Waals surface area contributed by atoms with Crippen LogP contribution in [0.25, 0.3) is 0 Å². The Labute approximate surface area is 156 Å². The molecule has 2 N–H and O–H groups in total. The van der Waals surface area contributed by atoms with Crippen LogP contribution in [0.15, 0.2) is 12.1 Å². The Morgan fingerprint density at radius 1 is 1.15 bits per heavy atom. The summed E-state index contributed by atoms with van der Waals surface area (Å²) in [4.78, 5) is 29.1. The van der Waals surface area contributed by atoms with Crippen LogP contribution in [0.4, 0.5) is 5.69 Å². The fourth-order valence-electron chi connectivity index (χ4n) is 2.15. The summed E-state index contributed by atoms with van der Waals surface area (Å²) in [5.41, 5.74) is -0.313. The van der Waals surface area contributed by atoms with Crippen molar-refractivity contribution in [2.45, 2.75) is 19.4 Å². The third-order valence-corrected chi connectivity index (χ3v) is 4.55. The maximum absolute atomic E-state index is 11.4. The zero-order valence-electron chi connectivity index (χ0n) is 15.4. The van der Waals surface area contributed by atoms with Gasteiger partial charge in [-0.1, -0.05) is 0 Å². The molecule has 3 atom stereocenters. The number of nitrogens with zero attached hydrogens (tertiary/aromatic N) is 1. The first-order chi connectivity index (χ1) is 12.3. The molecule has 1 aromatic rings. The van der Waals surface area contributed by atoms with Crippen molar-refractivity contribution < 1.29 is 42.4 Å².